The van der Waals surface area contributed by atoms with Crippen LogP contribution in [0.4, 0.5) is 0 Å². The van der Waals surface area contributed by atoms with Gasteiger partial charge in [-0.2, -0.15) is 4.98 Å². The summed E-state index contributed by atoms with van der Waals surface area (Å²) in [5, 5.41) is 4.15. The van der Waals surface area contributed by atoms with Gasteiger partial charge in [-0.3, -0.25) is 14.6 Å². The van der Waals surface area contributed by atoms with Crippen LogP contribution >= 0.6 is 0 Å². The van der Waals surface area contributed by atoms with Crippen molar-refractivity contribution in [3.05, 3.63) is 11.7 Å². The highest BCUT2D eigenvalue weighted by Crippen LogP contribution is 2.48. The van der Waals surface area contributed by atoms with Gasteiger partial charge in [-0.05, 0) is 19.8 Å². The number of aromatic nitrogens is 2. The van der Waals surface area contributed by atoms with E-state index in [4.69, 9.17) is 9.26 Å². The van der Waals surface area contributed by atoms with Crippen LogP contribution in [0.2, 0.25) is 0 Å². The van der Waals surface area contributed by atoms with Crippen molar-refractivity contribution in [1.29, 1.82) is 0 Å². The number of hydrogen-bond acceptors (Lipinski definition) is 7. The van der Waals surface area contributed by atoms with E-state index in [1.807, 2.05) is 6.92 Å². The molecule has 0 aromatic carbocycles. The van der Waals surface area contributed by atoms with Crippen LogP contribution < -0.4 is 0 Å². The van der Waals surface area contributed by atoms with E-state index < -0.39 is 5.41 Å². The largest absolute Gasteiger partial charge is 0.465 e. The van der Waals surface area contributed by atoms with Crippen LogP contribution in [-0.4, -0.2) is 65.2 Å². The lowest BCUT2D eigenvalue weighted by Gasteiger charge is -2.46. The molecule has 4 aliphatic rings. The molecule has 21 heavy (non-hydrogen) atoms. The van der Waals surface area contributed by atoms with Crippen LogP contribution in [0.15, 0.2) is 4.52 Å². The smallest absolute Gasteiger partial charge is 0.321 e. The Morgan fingerprint density at radius 2 is 2.14 bits per heavy atom. The Kier molecular flexibility index (Phi) is 3.00. The zero-order chi connectivity index (χ0) is 14.4. The van der Waals surface area contributed by atoms with Crippen LogP contribution in [-0.2, 0) is 14.9 Å². The van der Waals surface area contributed by atoms with E-state index in [1.54, 1.807) is 0 Å². The number of fused-ring (bicyclic) bond motifs is 3. The van der Waals surface area contributed by atoms with Crippen molar-refractivity contribution in [2.24, 2.45) is 0 Å². The van der Waals surface area contributed by atoms with Gasteiger partial charge in [0, 0.05) is 32.7 Å². The lowest BCUT2D eigenvalue weighted by Crippen LogP contribution is -2.57. The minimum atomic E-state index is -0.662. The number of rotatable bonds is 4. The van der Waals surface area contributed by atoms with Crippen molar-refractivity contribution in [2.45, 2.75) is 31.2 Å². The van der Waals surface area contributed by atoms with Crippen LogP contribution in [0, 0.1) is 0 Å². The van der Waals surface area contributed by atoms with Crippen LogP contribution in [0.25, 0.3) is 0 Å². The third-order valence-corrected chi connectivity index (χ3v) is 4.84. The Morgan fingerprint density at radius 1 is 1.38 bits per heavy atom. The minimum Gasteiger partial charge on any atom is -0.465 e. The van der Waals surface area contributed by atoms with E-state index >= 15 is 0 Å². The fourth-order valence-electron chi connectivity index (χ4n) is 3.33. The van der Waals surface area contributed by atoms with Crippen molar-refractivity contribution in [2.75, 3.05) is 39.3 Å². The molecule has 4 heterocycles. The Labute approximate surface area is 123 Å². The molecule has 1 aromatic rings. The van der Waals surface area contributed by atoms with Gasteiger partial charge in [-0.15, -0.1) is 0 Å². The SMILES string of the molecule is CCOC(=O)C1(c2nc(C3CN4CCN3CC4)no2)CC1. The molecule has 4 fully saturated rings. The summed E-state index contributed by atoms with van der Waals surface area (Å²) in [6.07, 6.45) is 1.49. The van der Waals surface area contributed by atoms with Gasteiger partial charge in [0.25, 0.3) is 0 Å². The standard InChI is InChI=1S/C14H20N4O3/c1-2-20-13(19)14(3-4-14)12-15-11(16-21-12)10-9-17-5-7-18(10)8-6-17/h10H,2-9H2,1H3. The lowest BCUT2D eigenvalue weighted by molar-refractivity contribution is -0.146. The maximum Gasteiger partial charge on any atom is 0.321 e. The number of piperazine rings is 3. The monoisotopic (exact) mass is 292 g/mol. The predicted octanol–water partition coefficient (Wildman–Crippen LogP) is 0.337. The Bertz CT molecular complexity index is 546. The molecule has 3 saturated heterocycles. The fourth-order valence-corrected chi connectivity index (χ4v) is 3.33. The van der Waals surface area contributed by atoms with Crippen molar-refractivity contribution >= 4 is 5.97 Å². The van der Waals surface area contributed by atoms with Gasteiger partial charge in [0.1, 0.15) is 5.41 Å². The summed E-state index contributed by atoms with van der Waals surface area (Å²) in [6, 6.07) is 0.197. The Balaban J connectivity index is 1.55. The van der Waals surface area contributed by atoms with Gasteiger partial charge >= 0.3 is 5.97 Å². The van der Waals surface area contributed by atoms with Gasteiger partial charge in [-0.25, -0.2) is 0 Å². The number of hydrogen-bond donors (Lipinski definition) is 0. The first-order valence-electron chi connectivity index (χ1n) is 7.70. The molecule has 7 nitrogen and oxygen atoms in total. The maximum atomic E-state index is 12.1. The second-order valence-corrected chi connectivity index (χ2v) is 6.11. The van der Waals surface area contributed by atoms with Crippen LogP contribution in [0.3, 0.4) is 0 Å². The quantitative estimate of drug-likeness (QED) is 0.741. The molecule has 1 unspecified atom stereocenters. The van der Waals surface area contributed by atoms with Crippen molar-refractivity contribution < 1.29 is 14.1 Å². The third-order valence-electron chi connectivity index (χ3n) is 4.84. The number of carbonyl (C=O) groups excluding carboxylic acids is 1. The summed E-state index contributed by atoms with van der Waals surface area (Å²) in [5.41, 5.74) is -0.662. The molecule has 5 rings (SSSR count). The molecule has 7 heteroatoms. The first kappa shape index (κ1) is 13.2. The highest BCUT2D eigenvalue weighted by atomic mass is 16.5. The zero-order valence-corrected chi connectivity index (χ0v) is 12.2. The molecule has 0 amide bonds. The molecule has 0 radical (unpaired) electrons. The van der Waals surface area contributed by atoms with Gasteiger partial charge in [0.2, 0.25) is 5.89 Å². The first-order chi connectivity index (χ1) is 10.2. The zero-order valence-electron chi connectivity index (χ0n) is 12.2. The van der Waals surface area contributed by atoms with Crippen molar-refractivity contribution in [3.63, 3.8) is 0 Å². The normalized spacial score (nSPS) is 32.9. The number of esters is 1. The van der Waals surface area contributed by atoms with E-state index in [0.29, 0.717) is 18.3 Å². The number of nitrogens with zero attached hydrogens (tertiary/aromatic N) is 4. The summed E-state index contributed by atoms with van der Waals surface area (Å²) in [5.74, 6) is 0.924. The summed E-state index contributed by atoms with van der Waals surface area (Å²) < 4.78 is 10.6. The highest BCUT2D eigenvalue weighted by Gasteiger charge is 2.58. The minimum absolute atomic E-state index is 0.197. The molecule has 0 spiro atoms. The molecule has 0 N–H and O–H groups in total. The third kappa shape index (κ3) is 2.06. The molecule has 3 aliphatic heterocycles. The molecule has 114 valence electrons. The van der Waals surface area contributed by atoms with Crippen molar-refractivity contribution in [1.82, 2.24) is 19.9 Å². The number of carbonyl (C=O) groups is 1. The summed E-state index contributed by atoms with van der Waals surface area (Å²) in [6.45, 7) is 7.49. The van der Waals surface area contributed by atoms with E-state index in [9.17, 15) is 4.79 Å². The van der Waals surface area contributed by atoms with Crippen LogP contribution in [0.5, 0.6) is 0 Å². The van der Waals surface area contributed by atoms with Gasteiger partial charge < -0.3 is 9.26 Å². The van der Waals surface area contributed by atoms with Crippen molar-refractivity contribution in [3.8, 4) is 0 Å². The van der Waals surface area contributed by atoms with Gasteiger partial charge in [0.15, 0.2) is 5.82 Å². The average molecular weight is 292 g/mol. The van der Waals surface area contributed by atoms with E-state index in [2.05, 4.69) is 19.9 Å². The fraction of sp³-hybridized carbons (Fsp3) is 0.786. The highest BCUT2D eigenvalue weighted by molar-refractivity contribution is 5.85. The topological polar surface area (TPSA) is 71.7 Å². The molecule has 1 aliphatic carbocycles. The average Bonchev–Trinajstić information content (AvgIpc) is 3.19. The summed E-state index contributed by atoms with van der Waals surface area (Å²) in [7, 11) is 0. The lowest BCUT2D eigenvalue weighted by atomic mass is 10.1. The maximum absolute atomic E-state index is 12.1. The predicted molar refractivity (Wildman–Crippen MR) is 72.6 cm³/mol. The second kappa shape index (κ2) is 4.78. The molecular weight excluding hydrogens is 272 g/mol. The van der Waals surface area contributed by atoms with Gasteiger partial charge in [-0.1, -0.05) is 5.16 Å². The van der Waals surface area contributed by atoms with Crippen LogP contribution in [0.1, 0.15) is 37.5 Å². The number of ether oxygens (including phenoxy) is 1. The first-order valence-corrected chi connectivity index (χ1v) is 7.70. The Morgan fingerprint density at radius 3 is 2.71 bits per heavy atom. The molecule has 2 bridgehead atoms. The van der Waals surface area contributed by atoms with E-state index in [1.165, 1.54) is 0 Å². The molecule has 1 saturated carbocycles. The molecule has 1 atom stereocenters. The summed E-state index contributed by atoms with van der Waals surface area (Å²) in [4.78, 5) is 21.4. The Hall–Kier alpha value is -1.47. The summed E-state index contributed by atoms with van der Waals surface area (Å²) >= 11 is 0. The van der Waals surface area contributed by atoms with E-state index in [0.717, 1.165) is 45.6 Å². The second-order valence-electron chi connectivity index (χ2n) is 6.11. The molecule has 1 aromatic heterocycles. The molecular formula is C14H20N4O3. The van der Waals surface area contributed by atoms with E-state index in [-0.39, 0.29) is 12.0 Å². The van der Waals surface area contributed by atoms with Gasteiger partial charge in [0.05, 0.1) is 12.6 Å².